The molecule has 0 saturated heterocycles. The Morgan fingerprint density at radius 2 is 2.17 bits per heavy atom. The highest BCUT2D eigenvalue weighted by molar-refractivity contribution is 7.99. The quantitative estimate of drug-likeness (QED) is 0.395. The number of halogens is 3. The lowest BCUT2D eigenvalue weighted by molar-refractivity contribution is -0.113. The van der Waals surface area contributed by atoms with Crippen LogP contribution < -0.4 is 10.1 Å². The predicted molar refractivity (Wildman–Crippen MR) is 111 cm³/mol. The topological polar surface area (TPSA) is 81.9 Å². The normalized spacial score (nSPS) is 11.0. The Bertz CT molecular complexity index is 1050. The van der Waals surface area contributed by atoms with Gasteiger partial charge in [0.2, 0.25) is 5.91 Å². The number of carbonyl (C=O) groups excluding carboxylic acids is 1. The molecule has 0 aliphatic rings. The summed E-state index contributed by atoms with van der Waals surface area (Å²) in [6, 6.07) is 5.83. The molecule has 0 fully saturated rings. The number of amides is 1. The Kier molecular flexibility index (Phi) is 7.22. The number of benzene rings is 1. The SMILES string of the molecule is CCn1ncc(-c2ccnc(SCC(=O)Nc3ccc(OC(F)F)c(Cl)c3)n2)c1C. The van der Waals surface area contributed by atoms with Crippen molar-refractivity contribution < 1.29 is 18.3 Å². The second kappa shape index (κ2) is 9.86. The van der Waals surface area contributed by atoms with Crippen molar-refractivity contribution in [3.8, 4) is 17.0 Å². The van der Waals surface area contributed by atoms with E-state index in [4.69, 9.17) is 11.6 Å². The minimum atomic E-state index is -2.98. The maximum absolute atomic E-state index is 12.3. The Balaban J connectivity index is 1.61. The molecule has 11 heteroatoms. The number of hydrogen-bond acceptors (Lipinski definition) is 6. The van der Waals surface area contributed by atoms with E-state index in [1.165, 1.54) is 30.0 Å². The summed E-state index contributed by atoms with van der Waals surface area (Å²) in [5, 5.41) is 7.38. The first-order chi connectivity index (χ1) is 14.4. The zero-order chi connectivity index (χ0) is 21.7. The molecule has 0 unspecified atom stereocenters. The molecule has 158 valence electrons. The van der Waals surface area contributed by atoms with E-state index in [-0.39, 0.29) is 22.4 Å². The van der Waals surface area contributed by atoms with Gasteiger partial charge in [0, 0.05) is 29.7 Å². The van der Waals surface area contributed by atoms with Crippen LogP contribution in [0.2, 0.25) is 5.02 Å². The molecule has 0 aliphatic heterocycles. The first-order valence-electron chi connectivity index (χ1n) is 8.90. The summed E-state index contributed by atoms with van der Waals surface area (Å²) in [6.07, 6.45) is 3.39. The zero-order valence-electron chi connectivity index (χ0n) is 16.1. The monoisotopic (exact) mass is 453 g/mol. The molecule has 0 aliphatic carbocycles. The van der Waals surface area contributed by atoms with Crippen molar-refractivity contribution in [1.29, 1.82) is 0 Å². The van der Waals surface area contributed by atoms with Crippen LogP contribution in [0.4, 0.5) is 14.5 Å². The van der Waals surface area contributed by atoms with Gasteiger partial charge in [0.25, 0.3) is 0 Å². The minimum Gasteiger partial charge on any atom is -0.433 e. The first-order valence-corrected chi connectivity index (χ1v) is 10.3. The van der Waals surface area contributed by atoms with Crippen molar-refractivity contribution in [2.75, 3.05) is 11.1 Å². The van der Waals surface area contributed by atoms with Crippen molar-refractivity contribution in [2.45, 2.75) is 32.2 Å². The number of nitrogens with one attached hydrogen (secondary N) is 1. The third kappa shape index (κ3) is 5.45. The van der Waals surface area contributed by atoms with Crippen molar-refractivity contribution >= 4 is 35.0 Å². The smallest absolute Gasteiger partial charge is 0.387 e. The maximum atomic E-state index is 12.3. The number of anilines is 1. The summed E-state index contributed by atoms with van der Waals surface area (Å²) in [6.45, 7) is 1.76. The van der Waals surface area contributed by atoms with E-state index in [2.05, 4.69) is 25.1 Å². The number of hydrogen-bond donors (Lipinski definition) is 1. The average Bonchev–Trinajstić information content (AvgIpc) is 3.09. The van der Waals surface area contributed by atoms with Crippen LogP contribution in [0.25, 0.3) is 11.3 Å². The van der Waals surface area contributed by atoms with Gasteiger partial charge >= 0.3 is 6.61 Å². The fourth-order valence-electron chi connectivity index (χ4n) is 2.67. The third-order valence-corrected chi connectivity index (χ3v) is 5.23. The number of aromatic nitrogens is 4. The molecular formula is C19H18ClF2N5O2S. The Hall–Kier alpha value is -2.72. The molecule has 1 aromatic carbocycles. The highest BCUT2D eigenvalue weighted by atomic mass is 35.5. The standard InChI is InChI=1S/C19H18ClF2N5O2S/c1-3-27-11(2)13(9-24-27)15-6-7-23-19(26-15)30-10-17(28)25-12-4-5-16(14(20)8-12)29-18(21)22/h4-9,18H,3,10H2,1-2H3,(H,25,28). The molecule has 0 atom stereocenters. The number of nitrogens with zero attached hydrogens (tertiary/aromatic N) is 4. The zero-order valence-corrected chi connectivity index (χ0v) is 17.7. The van der Waals surface area contributed by atoms with Crippen LogP contribution in [0, 0.1) is 6.92 Å². The summed E-state index contributed by atoms with van der Waals surface area (Å²) < 4.78 is 30.7. The second-order valence-corrected chi connectivity index (χ2v) is 7.39. The summed E-state index contributed by atoms with van der Waals surface area (Å²) >= 11 is 7.06. The van der Waals surface area contributed by atoms with Gasteiger partial charge in [-0.1, -0.05) is 23.4 Å². The second-order valence-electron chi connectivity index (χ2n) is 6.04. The summed E-state index contributed by atoms with van der Waals surface area (Å²) in [5.74, 6) is -0.419. The predicted octanol–water partition coefficient (Wildman–Crippen LogP) is 4.65. The summed E-state index contributed by atoms with van der Waals surface area (Å²) in [5.41, 5.74) is 3.00. The van der Waals surface area contributed by atoms with E-state index in [0.717, 1.165) is 23.5 Å². The van der Waals surface area contributed by atoms with Crippen LogP contribution >= 0.6 is 23.4 Å². The number of aryl methyl sites for hydroxylation is 1. The van der Waals surface area contributed by atoms with Crippen LogP contribution in [0.15, 0.2) is 41.8 Å². The van der Waals surface area contributed by atoms with E-state index < -0.39 is 6.61 Å². The lowest BCUT2D eigenvalue weighted by atomic mass is 10.2. The van der Waals surface area contributed by atoms with Gasteiger partial charge in [0.1, 0.15) is 5.75 Å². The van der Waals surface area contributed by atoms with E-state index in [9.17, 15) is 13.6 Å². The largest absolute Gasteiger partial charge is 0.433 e. The minimum absolute atomic E-state index is 0.0280. The lowest BCUT2D eigenvalue weighted by Crippen LogP contribution is -2.14. The van der Waals surface area contributed by atoms with Crippen LogP contribution in [0.1, 0.15) is 12.6 Å². The fraction of sp³-hybridized carbons (Fsp3) is 0.263. The molecule has 0 bridgehead atoms. The van der Waals surface area contributed by atoms with Gasteiger partial charge in [-0.25, -0.2) is 9.97 Å². The van der Waals surface area contributed by atoms with Crippen molar-refractivity contribution in [2.24, 2.45) is 0 Å². The molecule has 0 radical (unpaired) electrons. The third-order valence-electron chi connectivity index (χ3n) is 4.08. The number of thioether (sulfide) groups is 1. The first kappa shape index (κ1) is 22.0. The summed E-state index contributed by atoms with van der Waals surface area (Å²) in [4.78, 5) is 20.9. The Morgan fingerprint density at radius 3 is 2.83 bits per heavy atom. The average molecular weight is 454 g/mol. The number of rotatable bonds is 8. The van der Waals surface area contributed by atoms with Gasteiger partial charge in [-0.15, -0.1) is 0 Å². The van der Waals surface area contributed by atoms with Gasteiger partial charge in [-0.05, 0) is 38.1 Å². The van der Waals surface area contributed by atoms with Gasteiger partial charge in [-0.2, -0.15) is 13.9 Å². The van der Waals surface area contributed by atoms with Crippen molar-refractivity contribution in [3.05, 3.63) is 47.4 Å². The number of alkyl halides is 2. The molecule has 1 N–H and O–H groups in total. The number of carbonyl (C=O) groups is 1. The van der Waals surface area contributed by atoms with E-state index in [1.807, 2.05) is 18.5 Å². The summed E-state index contributed by atoms with van der Waals surface area (Å²) in [7, 11) is 0. The molecule has 0 saturated carbocycles. The molecule has 1 amide bonds. The van der Waals surface area contributed by atoms with Crippen LogP contribution in [0.5, 0.6) is 5.75 Å². The van der Waals surface area contributed by atoms with Gasteiger partial charge in [0.05, 0.1) is 22.7 Å². The van der Waals surface area contributed by atoms with Crippen LogP contribution in [-0.2, 0) is 11.3 Å². The lowest BCUT2D eigenvalue weighted by Gasteiger charge is -2.09. The van der Waals surface area contributed by atoms with E-state index in [1.54, 1.807) is 18.5 Å². The van der Waals surface area contributed by atoms with Crippen molar-refractivity contribution in [3.63, 3.8) is 0 Å². The molecule has 0 spiro atoms. The van der Waals surface area contributed by atoms with Gasteiger partial charge < -0.3 is 10.1 Å². The van der Waals surface area contributed by atoms with Crippen LogP contribution in [0.3, 0.4) is 0 Å². The van der Waals surface area contributed by atoms with Crippen molar-refractivity contribution in [1.82, 2.24) is 19.7 Å². The molecule has 30 heavy (non-hydrogen) atoms. The van der Waals surface area contributed by atoms with E-state index in [0.29, 0.717) is 10.8 Å². The van der Waals surface area contributed by atoms with E-state index >= 15 is 0 Å². The molecular weight excluding hydrogens is 436 g/mol. The van der Waals surface area contributed by atoms with Gasteiger partial charge in [-0.3, -0.25) is 9.48 Å². The van der Waals surface area contributed by atoms with Gasteiger partial charge in [0.15, 0.2) is 5.16 Å². The Labute approximate surface area is 180 Å². The molecule has 3 rings (SSSR count). The Morgan fingerprint density at radius 1 is 1.37 bits per heavy atom. The highest BCUT2D eigenvalue weighted by Gasteiger charge is 2.13. The fourth-order valence-corrected chi connectivity index (χ4v) is 3.53. The molecule has 3 aromatic rings. The highest BCUT2D eigenvalue weighted by Crippen LogP contribution is 2.29. The number of ether oxygens (including phenoxy) is 1. The molecule has 2 aromatic heterocycles. The maximum Gasteiger partial charge on any atom is 0.387 e. The molecule has 7 nitrogen and oxygen atoms in total. The van der Waals surface area contributed by atoms with Crippen LogP contribution in [-0.4, -0.2) is 38.0 Å². The molecule has 2 heterocycles.